The van der Waals surface area contributed by atoms with Crippen molar-refractivity contribution in [3.8, 4) is 5.75 Å². The Hall–Kier alpha value is -2.69. The Morgan fingerprint density at radius 1 is 1.09 bits per heavy atom. The summed E-state index contributed by atoms with van der Waals surface area (Å²) in [5.74, 6) is 0.328. The van der Waals surface area contributed by atoms with Crippen LogP contribution in [0.3, 0.4) is 0 Å². The predicted octanol–water partition coefficient (Wildman–Crippen LogP) is 3.78. The molecule has 0 radical (unpaired) electrons. The van der Waals surface area contributed by atoms with Gasteiger partial charge in [-0.1, -0.05) is 17.7 Å². The second-order valence-electron chi connectivity index (χ2n) is 5.24. The van der Waals surface area contributed by atoms with Crippen molar-refractivity contribution in [2.45, 2.75) is 20.8 Å². The third kappa shape index (κ3) is 3.49. The third-order valence-electron chi connectivity index (χ3n) is 3.37. The fourth-order valence-electron chi connectivity index (χ4n) is 2.50. The summed E-state index contributed by atoms with van der Waals surface area (Å²) in [7, 11) is 0. The molecule has 2 rings (SSSR count). The number of carbonyl (C=O) groups excluding carboxylic acids is 1. The Labute approximate surface area is 128 Å². The highest BCUT2D eigenvalue weighted by Crippen LogP contribution is 2.20. The van der Waals surface area contributed by atoms with Crippen molar-refractivity contribution in [3.63, 3.8) is 0 Å². The molecule has 2 aromatic rings. The fraction of sp³-hybridized carbons (Fsp3) is 0.235. The molecule has 0 bridgehead atoms. The Kier molecular flexibility index (Phi) is 4.56. The van der Waals surface area contributed by atoms with E-state index in [-0.39, 0.29) is 18.1 Å². The Morgan fingerprint density at radius 3 is 2.14 bits per heavy atom. The van der Waals surface area contributed by atoms with Crippen molar-refractivity contribution >= 4 is 11.5 Å². The van der Waals surface area contributed by atoms with Gasteiger partial charge in [0.05, 0.1) is 4.92 Å². The molecule has 114 valence electrons. The lowest BCUT2D eigenvalue weighted by Crippen LogP contribution is -2.14. The number of ketones is 1. The van der Waals surface area contributed by atoms with Crippen molar-refractivity contribution in [1.29, 1.82) is 0 Å². The topological polar surface area (TPSA) is 69.4 Å². The number of aryl methyl sites for hydroxylation is 3. The van der Waals surface area contributed by atoms with Crippen LogP contribution in [-0.4, -0.2) is 17.3 Å². The minimum atomic E-state index is -0.478. The molecule has 0 aliphatic rings. The van der Waals surface area contributed by atoms with Gasteiger partial charge < -0.3 is 4.74 Å². The molecule has 0 heterocycles. The van der Waals surface area contributed by atoms with E-state index in [4.69, 9.17) is 4.74 Å². The Balaban J connectivity index is 2.08. The highest BCUT2D eigenvalue weighted by atomic mass is 16.6. The number of nitro groups is 1. The van der Waals surface area contributed by atoms with E-state index in [2.05, 4.69) is 0 Å². The van der Waals surface area contributed by atoms with Crippen molar-refractivity contribution in [2.24, 2.45) is 0 Å². The van der Waals surface area contributed by atoms with Gasteiger partial charge in [-0.3, -0.25) is 14.9 Å². The molecule has 0 saturated heterocycles. The quantitative estimate of drug-likeness (QED) is 0.478. The molecule has 0 spiro atoms. The minimum absolute atomic E-state index is 0.0103. The molecule has 0 saturated carbocycles. The highest BCUT2D eigenvalue weighted by Gasteiger charge is 2.14. The normalized spacial score (nSPS) is 10.3. The maximum absolute atomic E-state index is 12.3. The molecular formula is C17H17NO4. The van der Waals surface area contributed by atoms with Gasteiger partial charge in [-0.2, -0.15) is 0 Å². The maximum Gasteiger partial charge on any atom is 0.269 e. The number of carbonyl (C=O) groups is 1. The molecule has 2 aromatic carbocycles. The van der Waals surface area contributed by atoms with Gasteiger partial charge in [0.15, 0.2) is 6.61 Å². The Bertz CT molecular complexity index is 697. The van der Waals surface area contributed by atoms with Crippen molar-refractivity contribution < 1.29 is 14.5 Å². The first-order chi connectivity index (χ1) is 10.4. The zero-order valence-corrected chi connectivity index (χ0v) is 12.8. The van der Waals surface area contributed by atoms with Gasteiger partial charge in [0.1, 0.15) is 5.75 Å². The monoisotopic (exact) mass is 299 g/mol. The molecule has 5 heteroatoms. The number of Topliss-reactive ketones (excluding diaryl/α,β-unsaturated/α-hetero) is 1. The van der Waals surface area contributed by atoms with Crippen molar-refractivity contribution in [3.05, 3.63) is 68.8 Å². The Morgan fingerprint density at radius 2 is 1.64 bits per heavy atom. The summed E-state index contributed by atoms with van der Waals surface area (Å²) in [5.41, 5.74) is 3.63. The zero-order valence-electron chi connectivity index (χ0n) is 12.8. The number of benzene rings is 2. The van der Waals surface area contributed by atoms with E-state index in [0.29, 0.717) is 11.3 Å². The second-order valence-corrected chi connectivity index (χ2v) is 5.24. The number of non-ortho nitro benzene ring substituents is 1. The summed E-state index contributed by atoms with van der Waals surface area (Å²) in [4.78, 5) is 22.4. The van der Waals surface area contributed by atoms with Crippen LogP contribution < -0.4 is 4.74 Å². The molecule has 0 fully saturated rings. The van der Waals surface area contributed by atoms with Crippen LogP contribution in [-0.2, 0) is 0 Å². The summed E-state index contributed by atoms with van der Waals surface area (Å²) in [6, 6.07) is 9.60. The number of ether oxygens (including phenoxy) is 1. The average molecular weight is 299 g/mol. The average Bonchev–Trinajstić information content (AvgIpc) is 2.44. The standard InChI is InChI=1S/C17H17NO4/c1-11-8-12(2)17(13(3)9-11)16(19)10-22-15-6-4-14(5-7-15)18(20)21/h4-9H,10H2,1-3H3. The molecule has 0 N–H and O–H groups in total. The molecule has 0 amide bonds. The summed E-state index contributed by atoms with van der Waals surface area (Å²) in [6.07, 6.45) is 0. The minimum Gasteiger partial charge on any atom is -0.485 e. The lowest BCUT2D eigenvalue weighted by molar-refractivity contribution is -0.384. The first-order valence-corrected chi connectivity index (χ1v) is 6.87. The van der Waals surface area contributed by atoms with Crippen molar-refractivity contribution in [2.75, 3.05) is 6.61 Å². The van der Waals surface area contributed by atoms with E-state index < -0.39 is 4.92 Å². The smallest absolute Gasteiger partial charge is 0.269 e. The summed E-state index contributed by atoms with van der Waals surface area (Å²) in [5, 5.41) is 10.6. The predicted molar refractivity (Wildman–Crippen MR) is 83.6 cm³/mol. The summed E-state index contributed by atoms with van der Waals surface area (Å²) in [6.45, 7) is 5.70. The number of nitro benzene ring substituents is 1. The second kappa shape index (κ2) is 6.39. The number of rotatable bonds is 5. The summed E-state index contributed by atoms with van der Waals surface area (Å²) >= 11 is 0. The van der Waals surface area contributed by atoms with Gasteiger partial charge in [0.2, 0.25) is 5.78 Å². The largest absolute Gasteiger partial charge is 0.485 e. The van der Waals surface area contributed by atoms with E-state index in [1.165, 1.54) is 24.3 Å². The zero-order chi connectivity index (χ0) is 16.3. The van der Waals surface area contributed by atoms with Crippen LogP contribution in [0.25, 0.3) is 0 Å². The molecule has 0 aliphatic heterocycles. The van der Waals surface area contributed by atoms with Crippen LogP contribution in [0.4, 0.5) is 5.69 Å². The van der Waals surface area contributed by atoms with Gasteiger partial charge in [-0.15, -0.1) is 0 Å². The molecule has 5 nitrogen and oxygen atoms in total. The van der Waals surface area contributed by atoms with Crippen LogP contribution >= 0.6 is 0 Å². The summed E-state index contributed by atoms with van der Waals surface area (Å²) < 4.78 is 5.43. The lowest BCUT2D eigenvalue weighted by Gasteiger charge is -2.11. The van der Waals surface area contributed by atoms with Gasteiger partial charge >= 0.3 is 0 Å². The van der Waals surface area contributed by atoms with Crippen LogP contribution in [0.5, 0.6) is 5.75 Å². The van der Waals surface area contributed by atoms with Gasteiger partial charge in [0, 0.05) is 17.7 Å². The van der Waals surface area contributed by atoms with E-state index in [9.17, 15) is 14.9 Å². The van der Waals surface area contributed by atoms with Crippen molar-refractivity contribution in [1.82, 2.24) is 0 Å². The van der Waals surface area contributed by atoms with Crippen LogP contribution in [0.2, 0.25) is 0 Å². The molecule has 22 heavy (non-hydrogen) atoms. The maximum atomic E-state index is 12.3. The number of hydrogen-bond acceptors (Lipinski definition) is 4. The molecule has 0 aromatic heterocycles. The van der Waals surface area contributed by atoms with Crippen LogP contribution in [0.15, 0.2) is 36.4 Å². The van der Waals surface area contributed by atoms with Gasteiger partial charge in [-0.25, -0.2) is 0 Å². The fourth-order valence-corrected chi connectivity index (χ4v) is 2.50. The first-order valence-electron chi connectivity index (χ1n) is 6.87. The molecule has 0 aliphatic carbocycles. The molecular weight excluding hydrogens is 282 g/mol. The highest BCUT2D eigenvalue weighted by molar-refractivity contribution is 6.00. The van der Waals surface area contributed by atoms with Gasteiger partial charge in [0.25, 0.3) is 5.69 Å². The van der Waals surface area contributed by atoms with E-state index in [0.717, 1.165) is 16.7 Å². The SMILES string of the molecule is Cc1cc(C)c(C(=O)COc2ccc([N+](=O)[O-])cc2)c(C)c1. The van der Waals surface area contributed by atoms with E-state index in [1.54, 1.807) is 0 Å². The molecule has 0 unspecified atom stereocenters. The first kappa shape index (κ1) is 15.7. The van der Waals surface area contributed by atoms with Gasteiger partial charge in [-0.05, 0) is 44.0 Å². The lowest BCUT2D eigenvalue weighted by atomic mass is 9.97. The van der Waals surface area contributed by atoms with E-state index in [1.807, 2.05) is 32.9 Å². The van der Waals surface area contributed by atoms with E-state index >= 15 is 0 Å². The molecule has 0 atom stereocenters. The number of hydrogen-bond donors (Lipinski definition) is 0. The van der Waals surface area contributed by atoms with Crippen LogP contribution in [0, 0.1) is 30.9 Å². The van der Waals surface area contributed by atoms with Crippen LogP contribution in [0.1, 0.15) is 27.0 Å². The third-order valence-corrected chi connectivity index (χ3v) is 3.37. The number of nitrogens with zero attached hydrogens (tertiary/aromatic N) is 1.